The molecular formula is C31H52N2P2. The van der Waals surface area contributed by atoms with Gasteiger partial charge in [0.25, 0.3) is 0 Å². The molecule has 5 atom stereocenters. The molecule has 7 aliphatic rings. The number of hydrogen-bond acceptors (Lipinski definition) is 2. The van der Waals surface area contributed by atoms with Crippen LogP contribution in [0, 0.1) is 52.3 Å². The van der Waals surface area contributed by atoms with Crippen molar-refractivity contribution in [1.29, 1.82) is 0 Å². The van der Waals surface area contributed by atoms with Gasteiger partial charge in [0.05, 0.1) is 0 Å². The maximum atomic E-state index is 3.83. The number of allylic oxidation sites excluding steroid dienone is 4. The topological polar surface area (TPSA) is 24.1 Å². The summed E-state index contributed by atoms with van der Waals surface area (Å²) in [5.74, 6) is 5.88. The Morgan fingerprint density at radius 3 is 1.83 bits per heavy atom. The molecule has 2 aliphatic heterocycles. The molecule has 0 radical (unpaired) electrons. The van der Waals surface area contributed by atoms with Gasteiger partial charge in [-0.2, -0.15) is 0 Å². The standard InChI is InChI=1S/C31H52N2P2/c1-29(2,3)24-15-27(30(19-34)25-11-20-10-21(13-25)14-26(30)12-20)28(16-24)31(35,22-6-4-8-32-17-22)23-7-5-9-33-18-23/h15-16,20-26,32-33H,4-14,17-19,34-35H2,1-3H3. The van der Waals surface area contributed by atoms with Gasteiger partial charge in [0, 0.05) is 16.5 Å². The molecule has 0 aromatic rings. The Morgan fingerprint density at radius 2 is 1.40 bits per heavy atom. The molecule has 6 fully saturated rings. The van der Waals surface area contributed by atoms with Crippen LogP contribution in [0.4, 0.5) is 0 Å². The summed E-state index contributed by atoms with van der Waals surface area (Å²) < 4.78 is 0. The van der Waals surface area contributed by atoms with E-state index < -0.39 is 0 Å². The maximum absolute atomic E-state index is 3.83. The van der Waals surface area contributed by atoms with Gasteiger partial charge in [-0.25, -0.2) is 0 Å². The van der Waals surface area contributed by atoms with E-state index in [1.807, 2.05) is 5.57 Å². The Labute approximate surface area is 220 Å². The predicted molar refractivity (Wildman–Crippen MR) is 157 cm³/mol. The quantitative estimate of drug-likeness (QED) is 0.412. The summed E-state index contributed by atoms with van der Waals surface area (Å²) >= 11 is 0. The van der Waals surface area contributed by atoms with E-state index in [4.69, 9.17) is 0 Å². The Hall–Kier alpha value is 0.260. The summed E-state index contributed by atoms with van der Waals surface area (Å²) in [6.45, 7) is 12.2. The number of hydrogen-bond donors (Lipinski definition) is 2. The van der Waals surface area contributed by atoms with Gasteiger partial charge in [-0.15, -0.1) is 18.5 Å². The van der Waals surface area contributed by atoms with Crippen LogP contribution >= 0.6 is 18.5 Å². The lowest BCUT2D eigenvalue weighted by molar-refractivity contribution is -0.0740. The zero-order valence-electron chi connectivity index (χ0n) is 22.8. The zero-order chi connectivity index (χ0) is 24.4. The van der Waals surface area contributed by atoms with Crippen molar-refractivity contribution in [3.8, 4) is 0 Å². The molecular weight excluding hydrogens is 462 g/mol. The van der Waals surface area contributed by atoms with Gasteiger partial charge in [-0.05, 0) is 142 Å². The van der Waals surface area contributed by atoms with Crippen LogP contribution in [0.5, 0.6) is 0 Å². The molecule has 4 bridgehead atoms. The fourth-order valence-electron chi connectivity index (χ4n) is 10.1. The molecule has 196 valence electrons. The average molecular weight is 515 g/mol. The van der Waals surface area contributed by atoms with Crippen LogP contribution in [0.1, 0.15) is 78.6 Å². The second-order valence-corrected chi connectivity index (χ2v) is 16.0. The fourth-order valence-corrected chi connectivity index (χ4v) is 11.8. The molecule has 4 saturated carbocycles. The van der Waals surface area contributed by atoms with Crippen molar-refractivity contribution in [1.82, 2.24) is 10.6 Å². The monoisotopic (exact) mass is 514 g/mol. The molecule has 5 aliphatic carbocycles. The van der Waals surface area contributed by atoms with Crippen molar-refractivity contribution in [2.45, 2.75) is 83.7 Å². The first-order chi connectivity index (χ1) is 16.8. The van der Waals surface area contributed by atoms with Gasteiger partial charge < -0.3 is 10.6 Å². The Balaban J connectivity index is 1.48. The van der Waals surface area contributed by atoms with E-state index in [9.17, 15) is 0 Å². The van der Waals surface area contributed by atoms with Crippen LogP contribution in [-0.4, -0.2) is 37.5 Å². The number of nitrogens with one attached hydrogen (secondary N) is 2. The second-order valence-electron chi connectivity index (χ2n) is 14.6. The van der Waals surface area contributed by atoms with Crippen molar-refractivity contribution >= 4 is 18.5 Å². The molecule has 0 aromatic carbocycles. The van der Waals surface area contributed by atoms with Gasteiger partial charge in [0.2, 0.25) is 0 Å². The van der Waals surface area contributed by atoms with E-state index in [-0.39, 0.29) is 10.6 Å². The molecule has 2 nitrogen and oxygen atoms in total. The van der Waals surface area contributed by atoms with Crippen molar-refractivity contribution in [3.63, 3.8) is 0 Å². The van der Waals surface area contributed by atoms with Gasteiger partial charge in [0.15, 0.2) is 0 Å². The smallest absolute Gasteiger partial charge is 0.0178 e. The highest BCUT2D eigenvalue weighted by Gasteiger charge is 2.61. The Morgan fingerprint density at radius 1 is 0.857 bits per heavy atom. The highest BCUT2D eigenvalue weighted by molar-refractivity contribution is 7.19. The normalized spacial score (nSPS) is 45.2. The largest absolute Gasteiger partial charge is 0.316 e. The van der Waals surface area contributed by atoms with E-state index in [1.165, 1.54) is 83.7 Å². The molecule has 0 amide bonds. The van der Waals surface area contributed by atoms with E-state index in [0.717, 1.165) is 35.5 Å². The molecule has 5 unspecified atom stereocenters. The summed E-state index contributed by atoms with van der Waals surface area (Å²) in [6, 6.07) is 0. The minimum absolute atomic E-state index is 0.189. The first-order valence-corrected chi connectivity index (χ1v) is 16.5. The highest BCUT2D eigenvalue weighted by atomic mass is 31.0. The van der Waals surface area contributed by atoms with Crippen molar-refractivity contribution in [2.75, 3.05) is 32.3 Å². The van der Waals surface area contributed by atoms with Crippen LogP contribution < -0.4 is 10.6 Å². The van der Waals surface area contributed by atoms with Gasteiger partial charge in [-0.1, -0.05) is 32.9 Å². The van der Waals surface area contributed by atoms with E-state index in [2.05, 4.69) is 62.0 Å². The third-order valence-corrected chi connectivity index (χ3v) is 13.8. The summed E-state index contributed by atoms with van der Waals surface area (Å²) in [4.78, 5) is 0. The first-order valence-electron chi connectivity index (χ1n) is 15.1. The zero-order valence-corrected chi connectivity index (χ0v) is 25.1. The minimum atomic E-state index is 0.189. The van der Waals surface area contributed by atoms with Crippen LogP contribution in [0.3, 0.4) is 0 Å². The third-order valence-electron chi connectivity index (χ3n) is 11.8. The Bertz CT molecular complexity index is 810. The van der Waals surface area contributed by atoms with E-state index in [0.29, 0.717) is 11.3 Å². The summed E-state index contributed by atoms with van der Waals surface area (Å²) in [5.41, 5.74) is 4.31. The Kier molecular flexibility index (Phi) is 6.91. The molecule has 2 N–H and O–H groups in total. The van der Waals surface area contributed by atoms with Crippen molar-refractivity contribution in [2.24, 2.45) is 52.3 Å². The van der Waals surface area contributed by atoms with Crippen LogP contribution in [-0.2, 0) is 0 Å². The summed E-state index contributed by atoms with van der Waals surface area (Å²) in [5, 5.41) is 7.85. The second kappa shape index (κ2) is 9.47. The van der Waals surface area contributed by atoms with Crippen LogP contribution in [0.15, 0.2) is 23.3 Å². The van der Waals surface area contributed by atoms with Crippen LogP contribution in [0.2, 0.25) is 0 Å². The van der Waals surface area contributed by atoms with E-state index in [1.54, 1.807) is 12.0 Å². The lowest BCUT2D eigenvalue weighted by Gasteiger charge is -2.63. The fraction of sp³-hybridized carbons (Fsp3) is 0.871. The molecule has 0 aromatic heterocycles. The molecule has 2 heterocycles. The highest BCUT2D eigenvalue weighted by Crippen LogP contribution is 2.69. The molecule has 2 saturated heterocycles. The first kappa shape index (κ1) is 25.5. The predicted octanol–water partition coefficient (Wildman–Crippen LogP) is 6.45. The van der Waals surface area contributed by atoms with Crippen LogP contribution in [0.25, 0.3) is 0 Å². The summed E-state index contributed by atoms with van der Waals surface area (Å²) in [6.07, 6.45) is 19.9. The van der Waals surface area contributed by atoms with Gasteiger partial charge in [0.1, 0.15) is 0 Å². The number of piperidine rings is 2. The molecule has 0 spiro atoms. The molecule has 35 heavy (non-hydrogen) atoms. The minimum Gasteiger partial charge on any atom is -0.316 e. The number of rotatable bonds is 5. The SMILES string of the molecule is CC(C)(C)C1C=C(C(P)(C2CCCNC2)C2CCCNC2)C(C2(CP)C3CC4CC(C3)CC2C4)=C1. The van der Waals surface area contributed by atoms with Gasteiger partial charge >= 0.3 is 0 Å². The van der Waals surface area contributed by atoms with Crippen molar-refractivity contribution in [3.05, 3.63) is 23.3 Å². The van der Waals surface area contributed by atoms with Gasteiger partial charge in [-0.3, -0.25) is 0 Å². The molecule has 7 rings (SSSR count). The van der Waals surface area contributed by atoms with Crippen molar-refractivity contribution < 1.29 is 0 Å². The maximum Gasteiger partial charge on any atom is 0.0178 e. The lowest BCUT2D eigenvalue weighted by atomic mass is 9.43. The molecule has 4 heteroatoms. The van der Waals surface area contributed by atoms with E-state index >= 15 is 0 Å². The average Bonchev–Trinajstić information content (AvgIpc) is 3.32. The lowest BCUT2D eigenvalue weighted by Crippen LogP contribution is -2.57. The summed E-state index contributed by atoms with van der Waals surface area (Å²) in [7, 11) is 6.91. The third kappa shape index (κ3) is 4.10.